The molecule has 0 bridgehead atoms. The van der Waals surface area contributed by atoms with Crippen LogP contribution in [0, 0.1) is 17.7 Å². The van der Waals surface area contributed by atoms with Crippen molar-refractivity contribution in [1.29, 1.82) is 0 Å². The summed E-state index contributed by atoms with van der Waals surface area (Å²) >= 11 is 0. The topological polar surface area (TPSA) is 46.2 Å². The summed E-state index contributed by atoms with van der Waals surface area (Å²) in [7, 11) is -3.74. The van der Waals surface area contributed by atoms with Gasteiger partial charge in [-0.25, -0.2) is 17.5 Å². The van der Waals surface area contributed by atoms with Crippen LogP contribution in [0.1, 0.15) is 32.6 Å². The van der Waals surface area contributed by atoms with Gasteiger partial charge in [-0.05, 0) is 30.4 Å². The van der Waals surface area contributed by atoms with Crippen LogP contribution in [0.2, 0.25) is 0 Å². The van der Waals surface area contributed by atoms with E-state index in [-0.39, 0.29) is 4.90 Å². The highest BCUT2D eigenvalue weighted by atomic mass is 32.2. The highest BCUT2D eigenvalue weighted by molar-refractivity contribution is 7.89. The smallest absolute Gasteiger partial charge is 0.211 e. The van der Waals surface area contributed by atoms with Gasteiger partial charge in [-0.15, -0.1) is 0 Å². The van der Waals surface area contributed by atoms with Crippen LogP contribution in [-0.4, -0.2) is 15.0 Å². The molecule has 0 heterocycles. The lowest BCUT2D eigenvalue weighted by molar-refractivity contribution is 0.257. The second-order valence-corrected chi connectivity index (χ2v) is 7.04. The lowest BCUT2D eigenvalue weighted by Gasteiger charge is -2.28. The Balaban J connectivity index is 2.04. The van der Waals surface area contributed by atoms with Gasteiger partial charge < -0.3 is 0 Å². The quantitative estimate of drug-likeness (QED) is 0.924. The molecule has 1 saturated carbocycles. The normalized spacial score (nSPS) is 24.3. The van der Waals surface area contributed by atoms with E-state index in [1.54, 1.807) is 0 Å². The fourth-order valence-corrected chi connectivity index (χ4v) is 3.82. The molecule has 2 rings (SSSR count). The van der Waals surface area contributed by atoms with E-state index in [2.05, 4.69) is 11.6 Å². The Morgan fingerprint density at radius 1 is 1.26 bits per heavy atom. The summed E-state index contributed by atoms with van der Waals surface area (Å²) in [6.07, 6.45) is 4.56. The monoisotopic (exact) mass is 285 g/mol. The molecule has 2 unspecified atom stereocenters. The lowest BCUT2D eigenvalue weighted by atomic mass is 9.81. The summed E-state index contributed by atoms with van der Waals surface area (Å²) in [6.45, 7) is 2.55. The largest absolute Gasteiger partial charge is 0.243 e. The highest BCUT2D eigenvalue weighted by Crippen LogP contribution is 2.29. The average Bonchev–Trinajstić information content (AvgIpc) is 2.38. The molecule has 1 fully saturated rings. The van der Waals surface area contributed by atoms with Gasteiger partial charge in [0, 0.05) is 6.54 Å². The van der Waals surface area contributed by atoms with E-state index >= 15 is 0 Å². The minimum Gasteiger partial charge on any atom is -0.211 e. The van der Waals surface area contributed by atoms with E-state index in [0.717, 1.165) is 25.3 Å². The molecular weight excluding hydrogens is 265 g/mol. The zero-order chi connectivity index (χ0) is 13.9. The molecule has 1 aromatic carbocycles. The van der Waals surface area contributed by atoms with E-state index < -0.39 is 15.8 Å². The summed E-state index contributed by atoms with van der Waals surface area (Å²) in [6, 6.07) is 5.47. The van der Waals surface area contributed by atoms with Crippen molar-refractivity contribution in [1.82, 2.24) is 4.72 Å². The minimum atomic E-state index is -3.74. The van der Waals surface area contributed by atoms with Crippen LogP contribution in [-0.2, 0) is 10.0 Å². The summed E-state index contributed by atoms with van der Waals surface area (Å²) < 4.78 is 40.2. The molecule has 0 saturated heterocycles. The maximum absolute atomic E-state index is 13.5. The van der Waals surface area contributed by atoms with Gasteiger partial charge in [-0.3, -0.25) is 0 Å². The van der Waals surface area contributed by atoms with Gasteiger partial charge in [0.25, 0.3) is 0 Å². The van der Waals surface area contributed by atoms with Crippen molar-refractivity contribution in [2.24, 2.45) is 11.8 Å². The molecule has 0 spiro atoms. The van der Waals surface area contributed by atoms with Crippen LogP contribution in [0.15, 0.2) is 29.2 Å². The summed E-state index contributed by atoms with van der Waals surface area (Å²) in [5, 5.41) is 0. The fraction of sp³-hybridized carbons (Fsp3) is 0.571. The van der Waals surface area contributed by atoms with E-state index in [1.165, 1.54) is 24.6 Å². The summed E-state index contributed by atoms with van der Waals surface area (Å²) in [5.74, 6) is 0.180. The maximum Gasteiger partial charge on any atom is 0.243 e. The number of hydrogen-bond acceptors (Lipinski definition) is 2. The molecule has 5 heteroatoms. The number of nitrogens with one attached hydrogen (secondary N) is 1. The van der Waals surface area contributed by atoms with Gasteiger partial charge in [0.2, 0.25) is 10.0 Å². The van der Waals surface area contributed by atoms with E-state index in [4.69, 9.17) is 0 Å². The molecule has 1 aliphatic rings. The first-order valence-electron chi connectivity index (χ1n) is 6.75. The van der Waals surface area contributed by atoms with Crippen LogP contribution in [0.3, 0.4) is 0 Å². The van der Waals surface area contributed by atoms with Gasteiger partial charge in [-0.2, -0.15) is 0 Å². The van der Waals surface area contributed by atoms with E-state index in [0.29, 0.717) is 18.4 Å². The molecule has 1 aliphatic carbocycles. The summed E-state index contributed by atoms with van der Waals surface area (Å²) in [4.78, 5) is -0.265. The average molecular weight is 285 g/mol. The Labute approximate surface area is 114 Å². The molecule has 1 N–H and O–H groups in total. The number of rotatable bonds is 4. The van der Waals surface area contributed by atoms with Crippen molar-refractivity contribution in [3.63, 3.8) is 0 Å². The van der Waals surface area contributed by atoms with Crippen molar-refractivity contribution in [2.45, 2.75) is 37.5 Å². The molecule has 0 radical (unpaired) electrons. The first kappa shape index (κ1) is 14.5. The molecule has 2 atom stereocenters. The van der Waals surface area contributed by atoms with Crippen molar-refractivity contribution in [2.75, 3.05) is 6.54 Å². The number of halogens is 1. The van der Waals surface area contributed by atoms with E-state index in [1.807, 2.05) is 0 Å². The molecule has 0 aromatic heterocycles. The second kappa shape index (κ2) is 6.01. The second-order valence-electron chi connectivity index (χ2n) is 5.30. The standard InChI is InChI=1S/C14H20FNO2S/c1-11-6-2-3-7-12(11)10-16-19(17,18)14-9-5-4-8-13(14)15/h4-5,8-9,11-12,16H,2-3,6-7,10H2,1H3. The fourth-order valence-electron chi connectivity index (χ4n) is 2.65. The predicted octanol–water partition coefficient (Wildman–Crippen LogP) is 2.93. The lowest BCUT2D eigenvalue weighted by Crippen LogP contribution is -2.33. The van der Waals surface area contributed by atoms with Crippen molar-refractivity contribution >= 4 is 10.0 Å². The van der Waals surface area contributed by atoms with Crippen LogP contribution >= 0.6 is 0 Å². The summed E-state index contributed by atoms with van der Waals surface area (Å²) in [5.41, 5.74) is 0. The first-order chi connectivity index (χ1) is 9.00. The van der Waals surface area contributed by atoms with Crippen LogP contribution in [0.5, 0.6) is 0 Å². The van der Waals surface area contributed by atoms with Gasteiger partial charge in [-0.1, -0.05) is 38.3 Å². The molecular formula is C14H20FNO2S. The molecule has 1 aromatic rings. The SMILES string of the molecule is CC1CCCCC1CNS(=O)(=O)c1ccccc1F. The van der Waals surface area contributed by atoms with Gasteiger partial charge in [0.05, 0.1) is 0 Å². The van der Waals surface area contributed by atoms with Crippen LogP contribution in [0.4, 0.5) is 4.39 Å². The third-order valence-corrected chi connectivity index (χ3v) is 5.41. The molecule has 0 amide bonds. The Morgan fingerprint density at radius 3 is 2.63 bits per heavy atom. The first-order valence-corrected chi connectivity index (χ1v) is 8.23. The molecule has 106 valence electrons. The van der Waals surface area contributed by atoms with Gasteiger partial charge >= 0.3 is 0 Å². The third-order valence-electron chi connectivity index (χ3n) is 3.95. The van der Waals surface area contributed by atoms with Crippen LogP contribution < -0.4 is 4.72 Å². The van der Waals surface area contributed by atoms with E-state index in [9.17, 15) is 12.8 Å². The zero-order valence-electron chi connectivity index (χ0n) is 11.1. The Kier molecular flexibility index (Phi) is 4.58. The predicted molar refractivity (Wildman–Crippen MR) is 72.7 cm³/mol. The maximum atomic E-state index is 13.5. The Morgan fingerprint density at radius 2 is 1.95 bits per heavy atom. The molecule has 0 aliphatic heterocycles. The van der Waals surface area contributed by atoms with Gasteiger partial charge in [0.15, 0.2) is 0 Å². The Hall–Kier alpha value is -0.940. The number of benzene rings is 1. The van der Waals surface area contributed by atoms with Crippen molar-refractivity contribution in [3.05, 3.63) is 30.1 Å². The van der Waals surface area contributed by atoms with Crippen molar-refractivity contribution in [3.8, 4) is 0 Å². The zero-order valence-corrected chi connectivity index (χ0v) is 11.9. The molecule has 19 heavy (non-hydrogen) atoms. The minimum absolute atomic E-state index is 0.265. The van der Waals surface area contributed by atoms with Crippen molar-refractivity contribution < 1.29 is 12.8 Å². The Bertz CT molecular complexity index is 530. The van der Waals surface area contributed by atoms with Crippen LogP contribution in [0.25, 0.3) is 0 Å². The third kappa shape index (κ3) is 3.54. The molecule has 3 nitrogen and oxygen atoms in total. The highest BCUT2D eigenvalue weighted by Gasteiger charge is 2.24. The van der Waals surface area contributed by atoms with Gasteiger partial charge in [0.1, 0.15) is 10.7 Å². The number of hydrogen-bond donors (Lipinski definition) is 1. The number of sulfonamides is 1.